The summed E-state index contributed by atoms with van der Waals surface area (Å²) in [6.07, 6.45) is 12.1. The number of halogens is 1. The Morgan fingerprint density at radius 2 is 1.98 bits per heavy atom. The maximum atomic E-state index is 14.0. The van der Waals surface area contributed by atoms with Gasteiger partial charge in [0.25, 0.3) is 0 Å². The molecule has 1 aliphatic heterocycles. The predicted molar refractivity (Wildman–Crippen MR) is 167 cm³/mol. The Labute approximate surface area is 255 Å². The molecule has 0 amide bonds. The number of methoxy groups -OCH3 is 1. The molecular formula is C32H38ClN5O5. The quantitative estimate of drug-likeness (QED) is 0.253. The van der Waals surface area contributed by atoms with Gasteiger partial charge in [-0.3, -0.25) is 4.57 Å². The fourth-order valence-electron chi connectivity index (χ4n) is 6.17. The molecule has 0 N–H and O–H groups in total. The average Bonchev–Trinajstić information content (AvgIpc) is 3.46. The fraction of sp³-hybridized carbons (Fsp3) is 0.500. The van der Waals surface area contributed by atoms with Crippen molar-refractivity contribution in [3.63, 3.8) is 0 Å². The minimum absolute atomic E-state index is 0.107. The third-order valence-corrected chi connectivity index (χ3v) is 8.58. The van der Waals surface area contributed by atoms with E-state index in [-0.39, 0.29) is 17.9 Å². The van der Waals surface area contributed by atoms with E-state index in [2.05, 4.69) is 11.1 Å². The fourth-order valence-corrected chi connectivity index (χ4v) is 6.49. The number of hydrogen-bond acceptors (Lipinski definition) is 7. The molecule has 0 radical (unpaired) electrons. The van der Waals surface area contributed by atoms with Gasteiger partial charge in [-0.15, -0.1) is 0 Å². The Morgan fingerprint density at radius 1 is 1.19 bits per heavy atom. The molecule has 0 spiro atoms. The number of nitrogens with zero attached hydrogens (tertiary/aromatic N) is 5. The number of carbonyl (C=O) groups is 1. The molecule has 10 nitrogen and oxygen atoms in total. The Balaban J connectivity index is 1.46. The van der Waals surface area contributed by atoms with E-state index in [1.54, 1.807) is 34.8 Å². The third kappa shape index (κ3) is 5.63. The summed E-state index contributed by atoms with van der Waals surface area (Å²) in [5.74, 6) is 0. The van der Waals surface area contributed by atoms with Crippen LogP contribution >= 0.6 is 11.6 Å². The van der Waals surface area contributed by atoms with Crippen molar-refractivity contribution in [2.45, 2.75) is 90.6 Å². The number of carbonyl (C=O) groups excluding carboxylic acids is 1. The van der Waals surface area contributed by atoms with Gasteiger partial charge in [0.15, 0.2) is 11.3 Å². The van der Waals surface area contributed by atoms with Crippen LogP contribution in [-0.2, 0) is 20.8 Å². The van der Waals surface area contributed by atoms with Crippen LogP contribution < -0.4 is 5.69 Å². The normalized spacial score (nSPS) is 19.6. The van der Waals surface area contributed by atoms with Gasteiger partial charge >= 0.3 is 11.8 Å². The first kappa shape index (κ1) is 29.6. The molecular weight excluding hydrogens is 570 g/mol. The molecule has 43 heavy (non-hydrogen) atoms. The lowest BCUT2D eigenvalue weighted by atomic mass is 10.0. The maximum Gasteiger partial charge on any atom is 0.420 e. The molecule has 11 heteroatoms. The van der Waals surface area contributed by atoms with Crippen LogP contribution in [0.1, 0.15) is 64.9 Å². The van der Waals surface area contributed by atoms with E-state index >= 15 is 0 Å². The summed E-state index contributed by atoms with van der Waals surface area (Å²) in [6, 6.07) is 1.99. The van der Waals surface area contributed by atoms with Gasteiger partial charge < -0.3 is 14.2 Å². The highest BCUT2D eigenvalue weighted by atomic mass is 35.5. The van der Waals surface area contributed by atoms with Crippen molar-refractivity contribution in [2.75, 3.05) is 13.7 Å². The third-order valence-electron chi connectivity index (χ3n) is 8.29. The highest BCUT2D eigenvalue weighted by molar-refractivity contribution is 6.36. The van der Waals surface area contributed by atoms with E-state index in [4.69, 9.17) is 30.8 Å². The lowest BCUT2D eigenvalue weighted by Gasteiger charge is -2.28. The number of ether oxygens (including phenoxy) is 3. The molecule has 0 aromatic carbocycles. The van der Waals surface area contributed by atoms with Crippen LogP contribution in [0.2, 0.25) is 5.02 Å². The van der Waals surface area contributed by atoms with Gasteiger partial charge in [-0.1, -0.05) is 17.7 Å². The van der Waals surface area contributed by atoms with Crippen LogP contribution in [0.25, 0.3) is 39.0 Å². The Hall–Kier alpha value is -3.47. The molecule has 1 saturated heterocycles. The second-order valence-corrected chi connectivity index (χ2v) is 12.8. The minimum Gasteiger partial charge on any atom is -0.443 e. The standard InChI is InChI=1S/C32H38ClN5O5/c1-19-24(16-35-29-27(19)25(33)18-37(29)31(40)43-32(2,3)4)20-13-26-28(34-15-20)38(21-9-7-6-8-10-21)30(39)36(26)17-23-14-22(41-5)11-12-42-23/h9,13,15-16,18,22-23H,6-8,10-12,14,17H2,1-5H3/t22-,23+/m0/s1. The topological polar surface area (TPSA) is 102 Å². The molecule has 2 atom stereocenters. The van der Waals surface area contributed by atoms with Crippen molar-refractivity contribution in [2.24, 2.45) is 0 Å². The van der Waals surface area contributed by atoms with Gasteiger partial charge in [-0.2, -0.15) is 0 Å². The van der Waals surface area contributed by atoms with E-state index in [0.29, 0.717) is 34.9 Å². The highest BCUT2D eigenvalue weighted by Crippen LogP contribution is 2.35. The number of allylic oxidation sites excluding steroid dienone is 2. The summed E-state index contributed by atoms with van der Waals surface area (Å²) in [6.45, 7) is 8.38. The molecule has 2 aliphatic rings. The molecule has 5 heterocycles. The van der Waals surface area contributed by atoms with Crippen LogP contribution in [0.15, 0.2) is 35.5 Å². The second-order valence-electron chi connectivity index (χ2n) is 12.4. The smallest absolute Gasteiger partial charge is 0.420 e. The lowest BCUT2D eigenvalue weighted by Crippen LogP contribution is -2.36. The summed E-state index contributed by atoms with van der Waals surface area (Å²) in [4.78, 5) is 36.4. The zero-order chi connectivity index (χ0) is 30.5. The summed E-state index contributed by atoms with van der Waals surface area (Å²) in [7, 11) is 1.72. The zero-order valence-corrected chi connectivity index (χ0v) is 26.1. The molecule has 1 fully saturated rings. The summed E-state index contributed by atoms with van der Waals surface area (Å²) >= 11 is 6.66. The number of aromatic nitrogens is 5. The number of rotatable bonds is 5. The Morgan fingerprint density at radius 3 is 2.70 bits per heavy atom. The second kappa shape index (κ2) is 11.6. The van der Waals surface area contributed by atoms with E-state index in [1.165, 1.54) is 4.57 Å². The van der Waals surface area contributed by atoms with Crippen molar-refractivity contribution in [3.05, 3.63) is 51.8 Å². The average molecular weight is 608 g/mol. The van der Waals surface area contributed by atoms with Crippen LogP contribution in [-0.4, -0.2) is 61.3 Å². The van der Waals surface area contributed by atoms with E-state index < -0.39 is 11.7 Å². The van der Waals surface area contributed by atoms with Crippen molar-refractivity contribution in [3.8, 4) is 11.1 Å². The SMILES string of the molecule is CO[C@H]1CCO[C@@H](Cn2c(=O)n(C3=CCCCC3)c3ncc(-c4cnc5c(c(Cl)cn5C(=O)OC(C)(C)C)c4C)cc32)C1. The molecule has 0 unspecified atom stereocenters. The van der Waals surface area contributed by atoms with Crippen molar-refractivity contribution >= 4 is 45.6 Å². The van der Waals surface area contributed by atoms with Gasteiger partial charge in [0.1, 0.15) is 5.60 Å². The first-order valence-corrected chi connectivity index (χ1v) is 15.3. The van der Waals surface area contributed by atoms with Gasteiger partial charge in [-0.25, -0.2) is 28.7 Å². The molecule has 0 saturated carbocycles. The van der Waals surface area contributed by atoms with Gasteiger partial charge in [0, 0.05) is 60.9 Å². The zero-order valence-electron chi connectivity index (χ0n) is 25.4. The van der Waals surface area contributed by atoms with Gasteiger partial charge in [0.05, 0.1) is 29.3 Å². The molecule has 4 aromatic rings. The number of pyridine rings is 2. The van der Waals surface area contributed by atoms with Gasteiger partial charge in [0.2, 0.25) is 0 Å². The van der Waals surface area contributed by atoms with E-state index in [0.717, 1.165) is 66.4 Å². The number of aryl methyl sites for hydroxylation is 1. The van der Waals surface area contributed by atoms with Crippen LogP contribution in [0.5, 0.6) is 0 Å². The van der Waals surface area contributed by atoms with Crippen LogP contribution in [0.4, 0.5) is 4.79 Å². The Kier molecular flexibility index (Phi) is 7.95. The van der Waals surface area contributed by atoms with Gasteiger partial charge in [-0.05, 0) is 71.4 Å². The minimum atomic E-state index is -0.663. The summed E-state index contributed by atoms with van der Waals surface area (Å²) < 4.78 is 22.1. The molecule has 4 aromatic heterocycles. The maximum absolute atomic E-state index is 14.0. The molecule has 1 aliphatic carbocycles. The highest BCUT2D eigenvalue weighted by Gasteiger charge is 2.27. The van der Waals surface area contributed by atoms with Crippen molar-refractivity contribution in [1.29, 1.82) is 0 Å². The predicted octanol–water partition coefficient (Wildman–Crippen LogP) is 6.57. The molecule has 6 rings (SSSR count). The van der Waals surface area contributed by atoms with Crippen molar-refractivity contribution < 1.29 is 19.0 Å². The summed E-state index contributed by atoms with van der Waals surface area (Å²) in [5, 5.41) is 1.06. The summed E-state index contributed by atoms with van der Waals surface area (Å²) in [5.41, 5.74) is 4.45. The first-order valence-electron chi connectivity index (χ1n) is 14.9. The number of imidazole rings is 1. The monoisotopic (exact) mass is 607 g/mol. The number of fused-ring (bicyclic) bond motifs is 2. The van der Waals surface area contributed by atoms with Crippen molar-refractivity contribution in [1.82, 2.24) is 23.7 Å². The lowest BCUT2D eigenvalue weighted by molar-refractivity contribution is -0.0638. The molecule has 228 valence electrons. The largest absolute Gasteiger partial charge is 0.443 e. The van der Waals surface area contributed by atoms with Crippen LogP contribution in [0, 0.1) is 6.92 Å². The number of hydrogen-bond donors (Lipinski definition) is 0. The van der Waals surface area contributed by atoms with E-state index in [1.807, 2.05) is 33.8 Å². The van der Waals surface area contributed by atoms with E-state index in [9.17, 15) is 9.59 Å². The van der Waals surface area contributed by atoms with Crippen LogP contribution in [0.3, 0.4) is 0 Å². The first-order chi connectivity index (χ1) is 20.6. The molecule has 0 bridgehead atoms. The Bertz CT molecular complexity index is 1790.